The van der Waals surface area contributed by atoms with E-state index in [1.807, 2.05) is 29.7 Å². The molecule has 4 aromatic rings. The molecule has 0 bridgehead atoms. The second-order valence-corrected chi connectivity index (χ2v) is 10.1. The van der Waals surface area contributed by atoms with Crippen LogP contribution in [0.1, 0.15) is 47.6 Å². The van der Waals surface area contributed by atoms with E-state index in [0.717, 1.165) is 12.1 Å². The summed E-state index contributed by atoms with van der Waals surface area (Å²) in [5.41, 5.74) is 2.54. The molecule has 0 radical (unpaired) electrons. The van der Waals surface area contributed by atoms with Gasteiger partial charge < -0.3 is 9.80 Å². The summed E-state index contributed by atoms with van der Waals surface area (Å²) in [5.74, 6) is -0.960. The quantitative estimate of drug-likeness (QED) is 0.187. The zero-order valence-corrected chi connectivity index (χ0v) is 22.2. The van der Waals surface area contributed by atoms with Gasteiger partial charge >= 0.3 is 6.18 Å². The van der Waals surface area contributed by atoms with Crippen LogP contribution in [-0.4, -0.2) is 40.8 Å². The number of piperazine rings is 1. The first-order valence-corrected chi connectivity index (χ1v) is 13.2. The van der Waals surface area contributed by atoms with Crippen LogP contribution in [0.5, 0.6) is 0 Å². The van der Waals surface area contributed by atoms with Crippen molar-refractivity contribution in [1.29, 1.82) is 0 Å². The summed E-state index contributed by atoms with van der Waals surface area (Å²) in [4.78, 5) is 21.4. The summed E-state index contributed by atoms with van der Waals surface area (Å²) in [7, 11) is 0. The number of carbonyl (C=O) groups excluding carboxylic acids is 1. The van der Waals surface area contributed by atoms with E-state index in [9.17, 15) is 22.4 Å². The minimum absolute atomic E-state index is 0.0473. The van der Waals surface area contributed by atoms with Crippen LogP contribution in [-0.2, 0) is 19.0 Å². The highest BCUT2D eigenvalue weighted by Crippen LogP contribution is 2.32. The summed E-state index contributed by atoms with van der Waals surface area (Å²) < 4.78 is 69.1. The first-order chi connectivity index (χ1) is 19.0. The lowest BCUT2D eigenvalue weighted by molar-refractivity contribution is -0.137. The molecule has 1 saturated heterocycles. The van der Waals surface area contributed by atoms with E-state index in [4.69, 9.17) is 0 Å². The molecule has 210 valence electrons. The monoisotopic (exact) mass is 556 g/mol. The number of nitrogens with zero attached hydrogens (tertiary/aromatic N) is 4. The largest absolute Gasteiger partial charge is 0.416 e. The molecule has 0 saturated carbocycles. The number of pyridine rings is 1. The van der Waals surface area contributed by atoms with Crippen LogP contribution in [0.15, 0.2) is 60.8 Å². The predicted octanol–water partition coefficient (Wildman–Crippen LogP) is 6.72. The summed E-state index contributed by atoms with van der Waals surface area (Å²) >= 11 is 0. The number of aromatic nitrogens is 2. The van der Waals surface area contributed by atoms with Crippen molar-refractivity contribution in [3.8, 4) is 0 Å². The highest BCUT2D eigenvalue weighted by molar-refractivity contribution is 5.96. The maximum absolute atomic E-state index is 15.2. The van der Waals surface area contributed by atoms with Crippen LogP contribution >= 0.6 is 0 Å². The normalized spacial score (nSPS) is 16.1. The van der Waals surface area contributed by atoms with Crippen LogP contribution in [0.25, 0.3) is 5.65 Å². The number of halogens is 5. The summed E-state index contributed by atoms with van der Waals surface area (Å²) in [6.07, 6.45) is -1.87. The highest BCUT2D eigenvalue weighted by Gasteiger charge is 2.31. The average molecular weight is 557 g/mol. The van der Waals surface area contributed by atoms with Crippen molar-refractivity contribution < 1.29 is 26.7 Å². The summed E-state index contributed by atoms with van der Waals surface area (Å²) in [5, 5.41) is 0. The molecule has 1 fully saturated rings. The van der Waals surface area contributed by atoms with Crippen molar-refractivity contribution in [2.75, 3.05) is 29.4 Å². The number of benzene rings is 2. The van der Waals surface area contributed by atoms with Gasteiger partial charge in [0, 0.05) is 50.0 Å². The van der Waals surface area contributed by atoms with Crippen molar-refractivity contribution in [1.82, 2.24) is 9.38 Å². The van der Waals surface area contributed by atoms with E-state index >= 15 is 4.39 Å². The first kappa shape index (κ1) is 27.6. The zero-order chi connectivity index (χ0) is 28.6. The molecule has 1 aliphatic heterocycles. The van der Waals surface area contributed by atoms with Crippen molar-refractivity contribution in [2.24, 2.45) is 0 Å². The van der Waals surface area contributed by atoms with Gasteiger partial charge in [0.25, 0.3) is 0 Å². The molecule has 0 aliphatic carbocycles. The van der Waals surface area contributed by atoms with Gasteiger partial charge in [0.1, 0.15) is 23.0 Å². The SMILES string of the molecule is CCc1nc2cc(F)ccn2c1C(=O)CCc1ccc(N2CCN(c3ccc(C(F)(F)F)cc3)[C@@H](C)C2)c(F)c1. The third-order valence-electron chi connectivity index (χ3n) is 7.41. The number of alkyl halides is 3. The maximum Gasteiger partial charge on any atom is 0.416 e. The number of fused-ring (bicyclic) bond motifs is 1. The fourth-order valence-corrected chi connectivity index (χ4v) is 5.35. The molecule has 5 nitrogen and oxygen atoms in total. The molecule has 0 spiro atoms. The highest BCUT2D eigenvalue weighted by atomic mass is 19.4. The molecule has 0 N–H and O–H groups in total. The minimum atomic E-state index is -4.38. The van der Waals surface area contributed by atoms with E-state index in [1.165, 1.54) is 36.5 Å². The maximum atomic E-state index is 15.2. The van der Waals surface area contributed by atoms with Crippen molar-refractivity contribution in [2.45, 2.75) is 45.3 Å². The fraction of sp³-hybridized carbons (Fsp3) is 0.333. The number of ketones is 1. The van der Waals surface area contributed by atoms with Crippen LogP contribution in [0, 0.1) is 11.6 Å². The van der Waals surface area contributed by atoms with Gasteiger partial charge in [-0.2, -0.15) is 13.2 Å². The third kappa shape index (κ3) is 5.52. The Morgan fingerprint density at radius 2 is 1.77 bits per heavy atom. The topological polar surface area (TPSA) is 40.9 Å². The van der Waals surface area contributed by atoms with Gasteiger partial charge in [-0.15, -0.1) is 0 Å². The molecule has 0 amide bonds. The standard InChI is InChI=1S/C30H29F5N4O/c1-3-25-29(39-13-12-22(31)17-28(39)36-25)27(40)11-5-20-4-10-26(24(32)16-20)37-14-15-38(19(2)18-37)23-8-6-21(7-9-23)30(33,34)35/h4,6-10,12-13,16-17,19H,3,5,11,14-15,18H2,1-2H3/t19-/m0/s1. The number of Topliss-reactive ketones (excluding diaryl/α,β-unsaturated/α-hetero) is 1. The molecule has 2 aromatic carbocycles. The van der Waals surface area contributed by atoms with Gasteiger partial charge in [-0.1, -0.05) is 13.0 Å². The number of hydrogen-bond donors (Lipinski definition) is 0. The molecule has 1 atom stereocenters. The lowest BCUT2D eigenvalue weighted by atomic mass is 10.0. The smallest absolute Gasteiger partial charge is 0.365 e. The Labute approximate surface area is 228 Å². The van der Waals surface area contributed by atoms with E-state index in [0.29, 0.717) is 66.4 Å². The molecule has 40 heavy (non-hydrogen) atoms. The third-order valence-corrected chi connectivity index (χ3v) is 7.41. The molecular weight excluding hydrogens is 527 g/mol. The lowest BCUT2D eigenvalue weighted by Gasteiger charge is -2.42. The molecule has 3 heterocycles. The van der Waals surface area contributed by atoms with Crippen molar-refractivity contribution in [3.05, 3.63) is 94.9 Å². The van der Waals surface area contributed by atoms with Crippen LogP contribution in [0.4, 0.5) is 33.3 Å². The number of rotatable bonds is 7. The van der Waals surface area contributed by atoms with E-state index in [2.05, 4.69) is 4.98 Å². The Hall–Kier alpha value is -3.95. The second kappa shape index (κ2) is 10.9. The van der Waals surface area contributed by atoms with Gasteiger partial charge in [-0.05, 0) is 67.8 Å². The van der Waals surface area contributed by atoms with Crippen LogP contribution in [0.2, 0.25) is 0 Å². The van der Waals surface area contributed by atoms with Gasteiger partial charge in [-0.3, -0.25) is 9.20 Å². The van der Waals surface area contributed by atoms with Crippen LogP contribution in [0.3, 0.4) is 0 Å². The van der Waals surface area contributed by atoms with Gasteiger partial charge in [-0.25, -0.2) is 13.8 Å². The number of carbonyl (C=O) groups is 1. The van der Waals surface area contributed by atoms with E-state index in [-0.39, 0.29) is 24.1 Å². The van der Waals surface area contributed by atoms with Crippen molar-refractivity contribution >= 4 is 22.8 Å². The van der Waals surface area contributed by atoms with Crippen LogP contribution < -0.4 is 9.80 Å². The minimum Gasteiger partial charge on any atom is -0.365 e. The molecule has 5 rings (SSSR count). The van der Waals surface area contributed by atoms with E-state index in [1.54, 1.807) is 10.5 Å². The Balaban J connectivity index is 1.23. The average Bonchev–Trinajstić information content (AvgIpc) is 3.29. The summed E-state index contributed by atoms with van der Waals surface area (Å²) in [6, 6.07) is 12.6. The summed E-state index contributed by atoms with van der Waals surface area (Å²) in [6.45, 7) is 5.39. The molecule has 2 aromatic heterocycles. The molecule has 0 unspecified atom stereocenters. The predicted molar refractivity (Wildman–Crippen MR) is 144 cm³/mol. The lowest BCUT2D eigenvalue weighted by Crippen LogP contribution is -2.52. The number of anilines is 2. The fourth-order valence-electron chi connectivity index (χ4n) is 5.35. The number of hydrogen-bond acceptors (Lipinski definition) is 4. The molecule has 1 aliphatic rings. The van der Waals surface area contributed by atoms with Gasteiger partial charge in [0.15, 0.2) is 5.78 Å². The number of imidazole rings is 1. The van der Waals surface area contributed by atoms with Crippen molar-refractivity contribution in [3.63, 3.8) is 0 Å². The van der Waals surface area contributed by atoms with Gasteiger partial charge in [0.2, 0.25) is 0 Å². The Bertz CT molecular complexity index is 1530. The zero-order valence-electron chi connectivity index (χ0n) is 22.2. The Morgan fingerprint density at radius 1 is 1.02 bits per heavy atom. The molecule has 10 heteroatoms. The second-order valence-electron chi connectivity index (χ2n) is 10.1. The first-order valence-electron chi connectivity index (χ1n) is 13.2. The Kier molecular flexibility index (Phi) is 7.53. The van der Waals surface area contributed by atoms with E-state index < -0.39 is 17.6 Å². The Morgan fingerprint density at radius 3 is 2.42 bits per heavy atom. The molecular formula is C30H29F5N4O. The van der Waals surface area contributed by atoms with Gasteiger partial charge in [0.05, 0.1) is 16.9 Å². The number of aryl methyl sites for hydroxylation is 2.